The fourth-order valence-corrected chi connectivity index (χ4v) is 2.30. The van der Waals surface area contributed by atoms with Crippen LogP contribution in [0.2, 0.25) is 0 Å². The quantitative estimate of drug-likeness (QED) is 0.626. The molecule has 0 radical (unpaired) electrons. The van der Waals surface area contributed by atoms with Crippen molar-refractivity contribution in [1.82, 2.24) is 4.90 Å². The summed E-state index contributed by atoms with van der Waals surface area (Å²) in [5, 5.41) is 0. The number of aryl methyl sites for hydroxylation is 1. The van der Waals surface area contributed by atoms with Gasteiger partial charge in [-0.25, -0.2) is 0 Å². The summed E-state index contributed by atoms with van der Waals surface area (Å²) >= 11 is 0. The van der Waals surface area contributed by atoms with Gasteiger partial charge >= 0.3 is 0 Å². The molecule has 0 atom stereocenters. The van der Waals surface area contributed by atoms with Gasteiger partial charge in [0.15, 0.2) is 0 Å². The zero-order valence-electron chi connectivity index (χ0n) is 13.1. The zero-order chi connectivity index (χ0) is 15.0. The van der Waals surface area contributed by atoms with E-state index >= 15 is 0 Å². The Morgan fingerprint density at radius 1 is 1.20 bits per heavy atom. The van der Waals surface area contributed by atoms with Crippen molar-refractivity contribution in [3.05, 3.63) is 54.6 Å². The first-order chi connectivity index (χ1) is 9.58. The molecule has 2 nitrogen and oxygen atoms in total. The third-order valence-electron chi connectivity index (χ3n) is 3.31. The average molecular weight is 273 g/mol. The van der Waals surface area contributed by atoms with Gasteiger partial charge in [0.25, 0.3) is 0 Å². The van der Waals surface area contributed by atoms with Crippen LogP contribution >= 0.6 is 0 Å². The summed E-state index contributed by atoms with van der Waals surface area (Å²) in [6.07, 6.45) is 3.82. The lowest BCUT2D eigenvalue weighted by molar-refractivity contribution is 0.236. The smallest absolute Gasteiger partial charge is 0.119 e. The Kier molecular flexibility index (Phi) is 7.10. The van der Waals surface area contributed by atoms with Crippen LogP contribution in [0, 0.1) is 6.92 Å². The molecule has 0 heterocycles. The molecule has 0 unspecified atom stereocenters. The van der Waals surface area contributed by atoms with Crippen LogP contribution < -0.4 is 4.74 Å². The SMILES string of the molecule is C=CCN(CC=C)CCOc1ccc(C(C)C)c(C)c1. The van der Waals surface area contributed by atoms with Gasteiger partial charge in [-0.3, -0.25) is 4.90 Å². The second-order valence-corrected chi connectivity index (χ2v) is 5.36. The van der Waals surface area contributed by atoms with Crippen molar-refractivity contribution in [2.45, 2.75) is 26.7 Å². The van der Waals surface area contributed by atoms with E-state index in [1.807, 2.05) is 12.2 Å². The maximum atomic E-state index is 5.83. The van der Waals surface area contributed by atoms with Crippen molar-refractivity contribution in [2.75, 3.05) is 26.2 Å². The maximum Gasteiger partial charge on any atom is 0.119 e. The van der Waals surface area contributed by atoms with Gasteiger partial charge in [0.1, 0.15) is 12.4 Å². The number of hydrogen-bond acceptors (Lipinski definition) is 2. The molecule has 0 aromatic heterocycles. The highest BCUT2D eigenvalue weighted by Gasteiger charge is 2.05. The van der Waals surface area contributed by atoms with Crippen LogP contribution in [-0.2, 0) is 0 Å². The highest BCUT2D eigenvalue weighted by atomic mass is 16.5. The van der Waals surface area contributed by atoms with Crippen molar-refractivity contribution in [2.24, 2.45) is 0 Å². The Labute approximate surface area is 123 Å². The molecule has 1 aromatic carbocycles. The summed E-state index contributed by atoms with van der Waals surface area (Å²) < 4.78 is 5.83. The number of benzene rings is 1. The van der Waals surface area contributed by atoms with E-state index in [0.717, 1.165) is 25.4 Å². The average Bonchev–Trinajstić information content (AvgIpc) is 2.39. The van der Waals surface area contributed by atoms with Crippen LogP contribution in [0.1, 0.15) is 30.9 Å². The standard InChI is InChI=1S/C18H27NO/c1-6-10-19(11-7-2)12-13-20-17-8-9-18(15(3)4)16(5)14-17/h6-9,14-15H,1-2,10-13H2,3-5H3. The molecular formula is C18H27NO. The van der Waals surface area contributed by atoms with Gasteiger partial charge in [0, 0.05) is 19.6 Å². The van der Waals surface area contributed by atoms with Crippen molar-refractivity contribution < 1.29 is 4.74 Å². The molecule has 0 aliphatic carbocycles. The minimum atomic E-state index is 0.555. The molecule has 20 heavy (non-hydrogen) atoms. The van der Waals surface area contributed by atoms with Crippen LogP contribution in [-0.4, -0.2) is 31.1 Å². The predicted octanol–water partition coefficient (Wildman–Crippen LogP) is 4.17. The monoisotopic (exact) mass is 273 g/mol. The molecule has 0 fully saturated rings. The summed E-state index contributed by atoms with van der Waals surface area (Å²) in [5.41, 5.74) is 2.68. The van der Waals surface area contributed by atoms with Crippen molar-refractivity contribution >= 4 is 0 Å². The molecule has 0 aliphatic heterocycles. The summed E-state index contributed by atoms with van der Waals surface area (Å²) in [7, 11) is 0. The third kappa shape index (κ3) is 5.22. The molecule has 110 valence electrons. The van der Waals surface area contributed by atoms with Crippen LogP contribution in [0.15, 0.2) is 43.5 Å². The van der Waals surface area contributed by atoms with Gasteiger partial charge in [-0.2, -0.15) is 0 Å². The van der Waals surface area contributed by atoms with E-state index in [0.29, 0.717) is 12.5 Å². The lowest BCUT2D eigenvalue weighted by atomic mass is 9.98. The summed E-state index contributed by atoms with van der Waals surface area (Å²) in [5.74, 6) is 1.50. The van der Waals surface area contributed by atoms with Crippen LogP contribution in [0.25, 0.3) is 0 Å². The Balaban J connectivity index is 2.51. The first kappa shape index (κ1) is 16.5. The highest BCUT2D eigenvalue weighted by Crippen LogP contribution is 2.23. The Bertz CT molecular complexity index is 427. The third-order valence-corrected chi connectivity index (χ3v) is 3.31. The predicted molar refractivity (Wildman–Crippen MR) is 87.6 cm³/mol. The van der Waals surface area contributed by atoms with Gasteiger partial charge in [-0.05, 0) is 36.1 Å². The van der Waals surface area contributed by atoms with Crippen molar-refractivity contribution in [3.63, 3.8) is 0 Å². The first-order valence-electron chi connectivity index (χ1n) is 7.26. The minimum absolute atomic E-state index is 0.555. The molecule has 2 heteroatoms. The van der Waals surface area contributed by atoms with Gasteiger partial charge in [-0.15, -0.1) is 13.2 Å². The molecule has 1 aromatic rings. The van der Waals surface area contributed by atoms with Gasteiger partial charge in [0.2, 0.25) is 0 Å². The normalized spacial score (nSPS) is 10.8. The molecular weight excluding hydrogens is 246 g/mol. The Morgan fingerprint density at radius 3 is 2.35 bits per heavy atom. The van der Waals surface area contributed by atoms with E-state index in [2.05, 4.69) is 57.0 Å². The zero-order valence-corrected chi connectivity index (χ0v) is 13.1. The van der Waals surface area contributed by atoms with E-state index in [9.17, 15) is 0 Å². The number of ether oxygens (including phenoxy) is 1. The topological polar surface area (TPSA) is 12.5 Å². The molecule has 0 saturated carbocycles. The molecule has 1 rings (SSSR count). The Morgan fingerprint density at radius 2 is 1.85 bits per heavy atom. The first-order valence-corrected chi connectivity index (χ1v) is 7.26. The van der Waals surface area contributed by atoms with Crippen LogP contribution in [0.5, 0.6) is 5.75 Å². The van der Waals surface area contributed by atoms with Crippen molar-refractivity contribution in [3.8, 4) is 5.75 Å². The van der Waals surface area contributed by atoms with Gasteiger partial charge in [-0.1, -0.05) is 32.1 Å². The van der Waals surface area contributed by atoms with Crippen LogP contribution in [0.4, 0.5) is 0 Å². The molecule has 0 bridgehead atoms. The molecule has 0 amide bonds. The maximum absolute atomic E-state index is 5.83. The van der Waals surface area contributed by atoms with E-state index in [-0.39, 0.29) is 0 Å². The Hall–Kier alpha value is -1.54. The van der Waals surface area contributed by atoms with Gasteiger partial charge < -0.3 is 4.74 Å². The summed E-state index contributed by atoms with van der Waals surface area (Å²) in [6.45, 7) is 17.4. The lowest BCUT2D eigenvalue weighted by Gasteiger charge is -2.19. The van der Waals surface area contributed by atoms with E-state index in [1.165, 1.54) is 11.1 Å². The number of hydrogen-bond donors (Lipinski definition) is 0. The number of nitrogens with zero attached hydrogens (tertiary/aromatic N) is 1. The molecule has 0 aliphatic rings. The van der Waals surface area contributed by atoms with E-state index in [1.54, 1.807) is 0 Å². The highest BCUT2D eigenvalue weighted by molar-refractivity contribution is 5.36. The van der Waals surface area contributed by atoms with Crippen LogP contribution in [0.3, 0.4) is 0 Å². The minimum Gasteiger partial charge on any atom is -0.492 e. The van der Waals surface area contributed by atoms with Gasteiger partial charge in [0.05, 0.1) is 0 Å². The summed E-state index contributed by atoms with van der Waals surface area (Å²) in [6, 6.07) is 6.36. The molecule has 0 saturated heterocycles. The van der Waals surface area contributed by atoms with E-state index < -0.39 is 0 Å². The fraction of sp³-hybridized carbons (Fsp3) is 0.444. The van der Waals surface area contributed by atoms with Crippen molar-refractivity contribution in [1.29, 1.82) is 0 Å². The fourth-order valence-electron chi connectivity index (χ4n) is 2.30. The second-order valence-electron chi connectivity index (χ2n) is 5.36. The lowest BCUT2D eigenvalue weighted by Crippen LogP contribution is -2.28. The van der Waals surface area contributed by atoms with E-state index in [4.69, 9.17) is 4.74 Å². The largest absolute Gasteiger partial charge is 0.492 e. The molecule has 0 N–H and O–H groups in total. The number of rotatable bonds is 9. The second kappa shape index (κ2) is 8.60. The molecule has 0 spiro atoms. The summed E-state index contributed by atoms with van der Waals surface area (Å²) in [4.78, 5) is 2.25.